The summed E-state index contributed by atoms with van der Waals surface area (Å²) in [6.07, 6.45) is 2.91. The van der Waals surface area contributed by atoms with Crippen LogP contribution in [0.3, 0.4) is 0 Å². The van der Waals surface area contributed by atoms with E-state index in [-0.39, 0.29) is 0 Å². The highest BCUT2D eigenvalue weighted by molar-refractivity contribution is 9.09. The summed E-state index contributed by atoms with van der Waals surface area (Å²) >= 11 is 3.57. The zero-order valence-corrected chi connectivity index (χ0v) is 11.1. The number of para-hydroxylation sites is 1. The number of fused-ring (bicyclic) bond motifs is 1. The average Bonchev–Trinajstić information content (AvgIpc) is 2.87. The molecule has 0 bridgehead atoms. The van der Waals surface area contributed by atoms with Crippen molar-refractivity contribution in [2.24, 2.45) is 5.92 Å². The number of hydrogen-bond acceptors (Lipinski definition) is 3. The summed E-state index contributed by atoms with van der Waals surface area (Å²) in [4.78, 5) is 11.1. The van der Waals surface area contributed by atoms with E-state index < -0.39 is 0 Å². The van der Waals surface area contributed by atoms with Crippen LogP contribution in [0.25, 0.3) is 10.9 Å². The Balaban J connectivity index is 2.00. The Labute approximate surface area is 109 Å². The summed E-state index contributed by atoms with van der Waals surface area (Å²) in [5.74, 6) is 1.82. The number of rotatable bonds is 2. The van der Waals surface area contributed by atoms with E-state index in [2.05, 4.69) is 36.9 Å². The SMILES string of the molecule is BrCC1CCN(c2ncnc3ccccc23)C1. The topological polar surface area (TPSA) is 29.0 Å². The number of anilines is 1. The summed E-state index contributed by atoms with van der Waals surface area (Å²) in [5.41, 5.74) is 1.03. The fraction of sp³-hybridized carbons (Fsp3) is 0.385. The molecular weight excluding hydrogens is 278 g/mol. The molecule has 0 amide bonds. The molecule has 1 unspecified atom stereocenters. The van der Waals surface area contributed by atoms with Crippen molar-refractivity contribution in [3.8, 4) is 0 Å². The second kappa shape index (κ2) is 4.61. The lowest BCUT2D eigenvalue weighted by Crippen LogP contribution is -2.21. The van der Waals surface area contributed by atoms with Gasteiger partial charge in [-0.05, 0) is 24.5 Å². The van der Waals surface area contributed by atoms with E-state index in [0.29, 0.717) is 0 Å². The molecule has 88 valence electrons. The van der Waals surface area contributed by atoms with Gasteiger partial charge in [-0.1, -0.05) is 28.1 Å². The van der Waals surface area contributed by atoms with Crippen LogP contribution < -0.4 is 4.90 Å². The van der Waals surface area contributed by atoms with Crippen molar-refractivity contribution in [2.45, 2.75) is 6.42 Å². The molecule has 2 heterocycles. The minimum Gasteiger partial charge on any atom is -0.356 e. The first kappa shape index (κ1) is 11.0. The van der Waals surface area contributed by atoms with E-state index in [1.165, 1.54) is 6.42 Å². The number of hydrogen-bond donors (Lipinski definition) is 0. The second-order valence-corrected chi connectivity index (χ2v) is 5.12. The third-order valence-electron chi connectivity index (χ3n) is 3.33. The lowest BCUT2D eigenvalue weighted by atomic mass is 10.2. The predicted octanol–water partition coefficient (Wildman–Crippen LogP) is 2.85. The molecule has 0 saturated carbocycles. The van der Waals surface area contributed by atoms with E-state index >= 15 is 0 Å². The fourth-order valence-corrected chi connectivity index (χ4v) is 2.92. The van der Waals surface area contributed by atoms with Gasteiger partial charge in [0.05, 0.1) is 5.52 Å². The van der Waals surface area contributed by atoms with Gasteiger partial charge in [-0.15, -0.1) is 0 Å². The molecule has 0 aliphatic carbocycles. The first-order chi connectivity index (χ1) is 8.38. The Morgan fingerprint density at radius 3 is 3.00 bits per heavy atom. The van der Waals surface area contributed by atoms with Gasteiger partial charge in [-0.25, -0.2) is 9.97 Å². The Morgan fingerprint density at radius 2 is 2.18 bits per heavy atom. The van der Waals surface area contributed by atoms with Gasteiger partial charge >= 0.3 is 0 Å². The third-order valence-corrected chi connectivity index (χ3v) is 4.24. The zero-order valence-electron chi connectivity index (χ0n) is 9.51. The van der Waals surface area contributed by atoms with Gasteiger partial charge in [0.15, 0.2) is 0 Å². The van der Waals surface area contributed by atoms with Gasteiger partial charge in [0, 0.05) is 23.8 Å². The summed E-state index contributed by atoms with van der Waals surface area (Å²) in [6, 6.07) is 8.21. The van der Waals surface area contributed by atoms with Crippen LogP contribution in [0.15, 0.2) is 30.6 Å². The molecule has 0 spiro atoms. The highest BCUT2D eigenvalue weighted by atomic mass is 79.9. The molecule has 1 saturated heterocycles. The maximum absolute atomic E-state index is 4.46. The summed E-state index contributed by atoms with van der Waals surface area (Å²) in [6.45, 7) is 2.18. The first-order valence-electron chi connectivity index (χ1n) is 5.89. The van der Waals surface area contributed by atoms with Gasteiger partial charge in [-0.2, -0.15) is 0 Å². The molecule has 4 heteroatoms. The summed E-state index contributed by atoms with van der Waals surface area (Å²) in [7, 11) is 0. The van der Waals surface area contributed by atoms with Gasteiger partial charge in [0.25, 0.3) is 0 Å². The van der Waals surface area contributed by atoms with Crippen LogP contribution in [0.4, 0.5) is 5.82 Å². The molecule has 17 heavy (non-hydrogen) atoms. The van der Waals surface area contributed by atoms with Crippen molar-refractivity contribution in [2.75, 3.05) is 23.3 Å². The molecule has 1 aliphatic rings. The Hall–Kier alpha value is -1.16. The highest BCUT2D eigenvalue weighted by Gasteiger charge is 2.23. The van der Waals surface area contributed by atoms with Crippen molar-refractivity contribution in [3.63, 3.8) is 0 Å². The van der Waals surface area contributed by atoms with Crippen molar-refractivity contribution in [1.82, 2.24) is 9.97 Å². The summed E-state index contributed by atoms with van der Waals surface area (Å²) < 4.78 is 0. The van der Waals surface area contributed by atoms with E-state index in [4.69, 9.17) is 0 Å². The maximum atomic E-state index is 4.46. The fourth-order valence-electron chi connectivity index (χ4n) is 2.39. The zero-order chi connectivity index (χ0) is 11.7. The standard InChI is InChI=1S/C13H14BrN3/c14-7-10-5-6-17(8-10)13-11-3-1-2-4-12(11)15-9-16-13/h1-4,9-10H,5-8H2. The highest BCUT2D eigenvalue weighted by Crippen LogP contribution is 2.28. The molecule has 1 fully saturated rings. The normalized spacial score (nSPS) is 20.1. The van der Waals surface area contributed by atoms with Crippen LogP contribution in [-0.4, -0.2) is 28.4 Å². The molecule has 2 aromatic rings. The van der Waals surface area contributed by atoms with Crippen LogP contribution in [0.5, 0.6) is 0 Å². The Morgan fingerprint density at radius 1 is 1.29 bits per heavy atom. The molecule has 3 rings (SSSR count). The molecule has 0 radical (unpaired) electrons. The Kier molecular flexibility index (Phi) is 2.97. The molecule has 1 aromatic carbocycles. The molecule has 0 N–H and O–H groups in total. The van der Waals surface area contributed by atoms with Crippen molar-refractivity contribution in [3.05, 3.63) is 30.6 Å². The second-order valence-electron chi connectivity index (χ2n) is 4.47. The number of alkyl halides is 1. The lowest BCUT2D eigenvalue weighted by Gasteiger charge is -2.18. The minimum absolute atomic E-state index is 0.740. The van der Waals surface area contributed by atoms with Crippen LogP contribution in [-0.2, 0) is 0 Å². The van der Waals surface area contributed by atoms with Crippen LogP contribution in [0.2, 0.25) is 0 Å². The van der Waals surface area contributed by atoms with E-state index in [0.717, 1.165) is 41.1 Å². The molecule has 1 aromatic heterocycles. The quantitative estimate of drug-likeness (QED) is 0.797. The van der Waals surface area contributed by atoms with Gasteiger partial charge in [-0.3, -0.25) is 0 Å². The van der Waals surface area contributed by atoms with E-state index in [1.807, 2.05) is 18.2 Å². The maximum Gasteiger partial charge on any atom is 0.139 e. The average molecular weight is 292 g/mol. The summed E-state index contributed by atoms with van der Waals surface area (Å²) in [5, 5.41) is 2.23. The number of benzene rings is 1. The number of aromatic nitrogens is 2. The van der Waals surface area contributed by atoms with Crippen molar-refractivity contribution in [1.29, 1.82) is 0 Å². The van der Waals surface area contributed by atoms with Gasteiger partial charge in [0.2, 0.25) is 0 Å². The Bertz CT molecular complexity index is 524. The molecule has 3 nitrogen and oxygen atoms in total. The number of nitrogens with zero attached hydrogens (tertiary/aromatic N) is 3. The van der Waals surface area contributed by atoms with E-state index in [9.17, 15) is 0 Å². The lowest BCUT2D eigenvalue weighted by molar-refractivity contribution is 0.675. The predicted molar refractivity (Wildman–Crippen MR) is 73.7 cm³/mol. The van der Waals surface area contributed by atoms with Gasteiger partial charge < -0.3 is 4.90 Å². The molecule has 1 atom stereocenters. The van der Waals surface area contributed by atoms with Crippen molar-refractivity contribution >= 4 is 32.7 Å². The molecular formula is C13H14BrN3. The van der Waals surface area contributed by atoms with Crippen LogP contribution >= 0.6 is 15.9 Å². The van der Waals surface area contributed by atoms with Crippen LogP contribution in [0, 0.1) is 5.92 Å². The molecule has 1 aliphatic heterocycles. The van der Waals surface area contributed by atoms with Crippen LogP contribution in [0.1, 0.15) is 6.42 Å². The third kappa shape index (κ3) is 2.02. The smallest absolute Gasteiger partial charge is 0.139 e. The number of halogens is 1. The monoisotopic (exact) mass is 291 g/mol. The first-order valence-corrected chi connectivity index (χ1v) is 7.01. The van der Waals surface area contributed by atoms with Gasteiger partial charge in [0.1, 0.15) is 12.1 Å². The van der Waals surface area contributed by atoms with E-state index in [1.54, 1.807) is 6.33 Å². The minimum atomic E-state index is 0.740. The largest absolute Gasteiger partial charge is 0.356 e. The van der Waals surface area contributed by atoms with Crippen molar-refractivity contribution < 1.29 is 0 Å².